The lowest BCUT2D eigenvalue weighted by molar-refractivity contribution is 0.745. The van der Waals surface area contributed by atoms with Gasteiger partial charge in [0.15, 0.2) is 0 Å². The average Bonchev–Trinajstić information content (AvgIpc) is 2.38. The van der Waals surface area contributed by atoms with Gasteiger partial charge in [0, 0.05) is 24.5 Å². The van der Waals surface area contributed by atoms with Gasteiger partial charge < -0.3 is 10.6 Å². The number of hydrogen-bond donors (Lipinski definition) is 1. The van der Waals surface area contributed by atoms with Crippen molar-refractivity contribution in [1.29, 1.82) is 0 Å². The largest absolute Gasteiger partial charge is 0.399 e. The van der Waals surface area contributed by atoms with E-state index in [0.29, 0.717) is 0 Å². The molecule has 2 rings (SSSR count). The van der Waals surface area contributed by atoms with Crippen molar-refractivity contribution in [2.24, 2.45) is 0 Å². The molecule has 2 N–H and O–H groups in total. The molecule has 0 aliphatic carbocycles. The van der Waals surface area contributed by atoms with Crippen LogP contribution >= 0.6 is 0 Å². The van der Waals surface area contributed by atoms with Crippen molar-refractivity contribution in [2.45, 2.75) is 26.7 Å². The zero-order chi connectivity index (χ0) is 13.0. The Kier molecular flexibility index (Phi) is 4.08. The summed E-state index contributed by atoms with van der Waals surface area (Å²) in [6.45, 7) is 6.69. The average molecular weight is 242 g/mol. The minimum atomic E-state index is 0.828. The molecule has 2 nitrogen and oxygen atoms in total. The van der Waals surface area contributed by atoms with Gasteiger partial charge in [-0.2, -0.15) is 0 Å². The van der Waals surface area contributed by atoms with Gasteiger partial charge in [-0.1, -0.05) is 26.0 Å². The number of hydrogen-bond acceptors (Lipinski definition) is 2. The maximum absolute atomic E-state index is 5.81. The first-order valence-electron chi connectivity index (χ1n) is 6.79. The number of rotatable bonds is 5. The summed E-state index contributed by atoms with van der Waals surface area (Å²) < 4.78 is 0. The Morgan fingerprint density at radius 3 is 2.17 bits per heavy atom. The molecule has 0 aliphatic heterocycles. The molecule has 0 atom stereocenters. The summed E-state index contributed by atoms with van der Waals surface area (Å²) in [6, 6.07) is 12.7. The first-order valence-corrected chi connectivity index (χ1v) is 6.79. The molecule has 2 aromatic rings. The Hall–Kier alpha value is -1.70. The fourth-order valence-corrected chi connectivity index (χ4v) is 2.36. The van der Waals surface area contributed by atoms with E-state index in [2.05, 4.69) is 43.0 Å². The van der Waals surface area contributed by atoms with E-state index in [4.69, 9.17) is 5.73 Å². The lowest BCUT2D eigenvalue weighted by Gasteiger charge is -2.24. The molecule has 0 heterocycles. The number of fused-ring (bicyclic) bond motifs is 1. The molecule has 2 heteroatoms. The van der Waals surface area contributed by atoms with Crippen LogP contribution in [0.25, 0.3) is 10.8 Å². The van der Waals surface area contributed by atoms with E-state index < -0.39 is 0 Å². The summed E-state index contributed by atoms with van der Waals surface area (Å²) >= 11 is 0. The van der Waals surface area contributed by atoms with Gasteiger partial charge in [-0.15, -0.1) is 0 Å². The molecule has 0 fully saturated rings. The molecule has 0 bridgehead atoms. The molecule has 96 valence electrons. The second-order valence-electron chi connectivity index (χ2n) is 4.78. The zero-order valence-electron chi connectivity index (χ0n) is 11.3. The monoisotopic (exact) mass is 242 g/mol. The maximum Gasteiger partial charge on any atom is 0.0372 e. The number of nitrogens with two attached hydrogens (primary N) is 1. The van der Waals surface area contributed by atoms with Gasteiger partial charge in [0.1, 0.15) is 0 Å². The number of nitrogens with zero attached hydrogens (tertiary/aromatic N) is 1. The van der Waals surface area contributed by atoms with Gasteiger partial charge in [0.25, 0.3) is 0 Å². The normalized spacial score (nSPS) is 10.8. The Balaban J connectivity index is 2.35. The van der Waals surface area contributed by atoms with E-state index in [-0.39, 0.29) is 0 Å². The molecule has 0 saturated carbocycles. The Morgan fingerprint density at radius 1 is 0.889 bits per heavy atom. The van der Waals surface area contributed by atoms with Crippen molar-refractivity contribution in [3.8, 4) is 0 Å². The third kappa shape index (κ3) is 2.76. The van der Waals surface area contributed by atoms with Crippen LogP contribution in [0.5, 0.6) is 0 Å². The highest BCUT2D eigenvalue weighted by atomic mass is 15.1. The van der Waals surface area contributed by atoms with Crippen LogP contribution in [0.3, 0.4) is 0 Å². The molecule has 18 heavy (non-hydrogen) atoms. The van der Waals surface area contributed by atoms with Crippen LogP contribution in [0.1, 0.15) is 26.7 Å². The van der Waals surface area contributed by atoms with E-state index in [1.165, 1.54) is 29.3 Å². The molecule has 0 spiro atoms. The maximum atomic E-state index is 5.81. The van der Waals surface area contributed by atoms with Crippen molar-refractivity contribution in [1.82, 2.24) is 0 Å². The zero-order valence-corrected chi connectivity index (χ0v) is 11.3. The molecule has 0 aliphatic rings. The van der Waals surface area contributed by atoms with Crippen LogP contribution in [0.15, 0.2) is 36.4 Å². The quantitative estimate of drug-likeness (QED) is 0.801. The first kappa shape index (κ1) is 12.7. The number of benzene rings is 2. The Bertz CT molecular complexity index is 513. The Morgan fingerprint density at radius 2 is 1.50 bits per heavy atom. The first-order chi connectivity index (χ1) is 8.74. The standard InChI is InChI=1S/C16H22N2/c1-3-9-18(10-4-2)16-8-6-13-11-15(17)7-5-14(13)12-16/h5-8,11-12H,3-4,9-10,17H2,1-2H3. The highest BCUT2D eigenvalue weighted by Crippen LogP contribution is 2.24. The van der Waals surface area contributed by atoms with Gasteiger partial charge in [0.2, 0.25) is 0 Å². The predicted octanol–water partition coefficient (Wildman–Crippen LogP) is 4.05. The fourth-order valence-electron chi connectivity index (χ4n) is 2.36. The molecular formula is C16H22N2. The predicted molar refractivity (Wildman–Crippen MR) is 81.2 cm³/mol. The summed E-state index contributed by atoms with van der Waals surface area (Å²) in [7, 11) is 0. The van der Waals surface area contributed by atoms with E-state index in [0.717, 1.165) is 18.8 Å². The molecule has 2 aromatic carbocycles. The SMILES string of the molecule is CCCN(CCC)c1ccc2cc(N)ccc2c1. The summed E-state index contributed by atoms with van der Waals surface area (Å²) in [5.74, 6) is 0. The second kappa shape index (κ2) is 5.76. The van der Waals surface area contributed by atoms with Gasteiger partial charge in [-0.25, -0.2) is 0 Å². The van der Waals surface area contributed by atoms with Crippen molar-refractivity contribution in [2.75, 3.05) is 23.7 Å². The molecule has 0 aromatic heterocycles. The number of nitrogen functional groups attached to an aromatic ring is 1. The highest BCUT2D eigenvalue weighted by Gasteiger charge is 2.05. The summed E-state index contributed by atoms with van der Waals surface area (Å²) in [6.07, 6.45) is 2.36. The lowest BCUT2D eigenvalue weighted by Crippen LogP contribution is -2.24. The van der Waals surface area contributed by atoms with Crippen LogP contribution in [0, 0.1) is 0 Å². The third-order valence-electron chi connectivity index (χ3n) is 3.20. The van der Waals surface area contributed by atoms with Crippen LogP contribution in [-0.4, -0.2) is 13.1 Å². The lowest BCUT2D eigenvalue weighted by atomic mass is 10.1. The van der Waals surface area contributed by atoms with E-state index in [1.54, 1.807) is 0 Å². The van der Waals surface area contributed by atoms with Gasteiger partial charge in [-0.05, 0) is 47.9 Å². The van der Waals surface area contributed by atoms with Crippen LogP contribution < -0.4 is 10.6 Å². The molecule has 0 amide bonds. The topological polar surface area (TPSA) is 29.3 Å². The van der Waals surface area contributed by atoms with Crippen LogP contribution in [0.2, 0.25) is 0 Å². The Labute approximate surface area is 109 Å². The minimum Gasteiger partial charge on any atom is -0.399 e. The summed E-state index contributed by atoms with van der Waals surface area (Å²) in [4.78, 5) is 2.45. The van der Waals surface area contributed by atoms with Crippen LogP contribution in [-0.2, 0) is 0 Å². The van der Waals surface area contributed by atoms with Gasteiger partial charge in [0.05, 0.1) is 0 Å². The van der Waals surface area contributed by atoms with Gasteiger partial charge >= 0.3 is 0 Å². The van der Waals surface area contributed by atoms with Crippen molar-refractivity contribution < 1.29 is 0 Å². The van der Waals surface area contributed by atoms with Crippen molar-refractivity contribution in [3.05, 3.63) is 36.4 Å². The van der Waals surface area contributed by atoms with Gasteiger partial charge in [-0.3, -0.25) is 0 Å². The third-order valence-corrected chi connectivity index (χ3v) is 3.20. The van der Waals surface area contributed by atoms with Crippen molar-refractivity contribution in [3.63, 3.8) is 0 Å². The molecule has 0 radical (unpaired) electrons. The summed E-state index contributed by atoms with van der Waals surface area (Å²) in [5.41, 5.74) is 7.95. The fraction of sp³-hybridized carbons (Fsp3) is 0.375. The van der Waals surface area contributed by atoms with E-state index in [1.807, 2.05) is 12.1 Å². The summed E-state index contributed by atoms with van der Waals surface area (Å²) in [5, 5.41) is 2.48. The minimum absolute atomic E-state index is 0.828. The van der Waals surface area contributed by atoms with E-state index >= 15 is 0 Å². The highest BCUT2D eigenvalue weighted by molar-refractivity contribution is 5.88. The molecule has 0 unspecified atom stereocenters. The van der Waals surface area contributed by atoms with Crippen LogP contribution in [0.4, 0.5) is 11.4 Å². The smallest absolute Gasteiger partial charge is 0.0372 e. The number of anilines is 2. The second-order valence-corrected chi connectivity index (χ2v) is 4.78. The molecular weight excluding hydrogens is 220 g/mol. The van der Waals surface area contributed by atoms with E-state index in [9.17, 15) is 0 Å². The molecule has 0 saturated heterocycles. The van der Waals surface area contributed by atoms with Crippen molar-refractivity contribution >= 4 is 22.1 Å².